The Bertz CT molecular complexity index is 321. The van der Waals surface area contributed by atoms with Crippen molar-refractivity contribution in [2.24, 2.45) is 0 Å². The van der Waals surface area contributed by atoms with E-state index in [4.69, 9.17) is 14.6 Å². The number of rotatable bonds is 11. The summed E-state index contributed by atoms with van der Waals surface area (Å²) < 4.78 is 10.0. The van der Waals surface area contributed by atoms with Gasteiger partial charge in [-0.05, 0) is 13.3 Å². The Kier molecular flexibility index (Phi) is 10.2. The molecule has 20 heavy (non-hydrogen) atoms. The maximum atomic E-state index is 11.5. The summed E-state index contributed by atoms with van der Waals surface area (Å²) in [6.07, 6.45) is 0.0542. The maximum Gasteiger partial charge on any atom is 0.326 e. The van der Waals surface area contributed by atoms with E-state index in [0.717, 1.165) is 0 Å². The van der Waals surface area contributed by atoms with E-state index in [1.807, 2.05) is 6.92 Å². The molecule has 1 atom stereocenters. The van der Waals surface area contributed by atoms with Gasteiger partial charge in [-0.1, -0.05) is 0 Å². The summed E-state index contributed by atoms with van der Waals surface area (Å²) >= 11 is 0. The third-order valence-corrected chi connectivity index (χ3v) is 2.38. The molecule has 0 aromatic carbocycles. The van der Waals surface area contributed by atoms with Gasteiger partial charge in [0.1, 0.15) is 12.6 Å². The first kappa shape index (κ1) is 18.3. The second kappa shape index (κ2) is 11.2. The lowest BCUT2D eigenvalue weighted by Gasteiger charge is -2.14. The Labute approximate surface area is 117 Å². The Morgan fingerprint density at radius 2 is 1.80 bits per heavy atom. The van der Waals surface area contributed by atoms with Crippen molar-refractivity contribution in [3.05, 3.63) is 0 Å². The highest BCUT2D eigenvalue weighted by Gasteiger charge is 2.20. The molecule has 0 rings (SSSR count). The van der Waals surface area contributed by atoms with Gasteiger partial charge in [-0.15, -0.1) is 0 Å². The summed E-state index contributed by atoms with van der Waals surface area (Å²) in [5.41, 5.74) is 0. The van der Waals surface area contributed by atoms with Crippen LogP contribution < -0.4 is 10.6 Å². The standard InChI is InChI=1S/C12H22N2O6/c1-3-19-6-7-20-8-11(16)14-9(12(17)18)4-5-10(15)13-2/h9H,3-8H2,1-2H3,(H,13,15)(H,14,16)(H,17,18)/t9-/m0/s1. The lowest BCUT2D eigenvalue weighted by molar-refractivity contribution is -0.143. The summed E-state index contributed by atoms with van der Waals surface area (Å²) in [7, 11) is 1.46. The monoisotopic (exact) mass is 290 g/mol. The van der Waals surface area contributed by atoms with Gasteiger partial charge < -0.3 is 25.2 Å². The SMILES string of the molecule is CCOCCOCC(=O)N[C@@H](CCC(=O)NC)C(=O)O. The molecule has 0 aliphatic carbocycles. The van der Waals surface area contributed by atoms with Crippen molar-refractivity contribution < 1.29 is 29.0 Å². The number of hydrogen-bond acceptors (Lipinski definition) is 5. The molecule has 2 amide bonds. The Morgan fingerprint density at radius 1 is 1.15 bits per heavy atom. The molecular weight excluding hydrogens is 268 g/mol. The average molecular weight is 290 g/mol. The molecule has 0 saturated heterocycles. The molecule has 116 valence electrons. The van der Waals surface area contributed by atoms with Crippen LogP contribution in [-0.2, 0) is 23.9 Å². The lowest BCUT2D eigenvalue weighted by atomic mass is 10.1. The molecule has 0 aliphatic heterocycles. The van der Waals surface area contributed by atoms with Crippen molar-refractivity contribution in [2.45, 2.75) is 25.8 Å². The van der Waals surface area contributed by atoms with E-state index >= 15 is 0 Å². The Hall–Kier alpha value is -1.67. The topological polar surface area (TPSA) is 114 Å². The minimum Gasteiger partial charge on any atom is -0.480 e. The largest absolute Gasteiger partial charge is 0.480 e. The van der Waals surface area contributed by atoms with Crippen molar-refractivity contribution >= 4 is 17.8 Å². The van der Waals surface area contributed by atoms with Crippen LogP contribution in [0.15, 0.2) is 0 Å². The van der Waals surface area contributed by atoms with Gasteiger partial charge in [0.2, 0.25) is 11.8 Å². The molecule has 0 spiro atoms. The van der Waals surface area contributed by atoms with Crippen molar-refractivity contribution in [1.29, 1.82) is 0 Å². The van der Waals surface area contributed by atoms with Crippen molar-refractivity contribution in [3.63, 3.8) is 0 Å². The lowest BCUT2D eigenvalue weighted by Crippen LogP contribution is -2.43. The summed E-state index contributed by atoms with van der Waals surface area (Å²) in [6.45, 7) is 2.81. The molecule has 0 radical (unpaired) electrons. The highest BCUT2D eigenvalue weighted by Crippen LogP contribution is 1.98. The molecule has 0 bridgehead atoms. The summed E-state index contributed by atoms with van der Waals surface area (Å²) in [5, 5.41) is 13.6. The molecular formula is C12H22N2O6. The number of nitrogens with one attached hydrogen (secondary N) is 2. The Balaban J connectivity index is 3.96. The minimum atomic E-state index is -1.18. The van der Waals surface area contributed by atoms with E-state index in [1.165, 1.54) is 7.05 Å². The van der Waals surface area contributed by atoms with E-state index < -0.39 is 17.9 Å². The summed E-state index contributed by atoms with van der Waals surface area (Å²) in [6, 6.07) is -1.10. The number of ether oxygens (including phenoxy) is 2. The van der Waals surface area contributed by atoms with Gasteiger partial charge in [-0.2, -0.15) is 0 Å². The van der Waals surface area contributed by atoms with Crippen LogP contribution in [0.3, 0.4) is 0 Å². The first-order valence-electron chi connectivity index (χ1n) is 6.39. The summed E-state index contributed by atoms with van der Waals surface area (Å²) in [4.78, 5) is 33.4. The van der Waals surface area contributed by atoms with E-state index in [9.17, 15) is 14.4 Å². The fraction of sp³-hybridized carbons (Fsp3) is 0.750. The third-order valence-electron chi connectivity index (χ3n) is 2.38. The number of carbonyl (C=O) groups excluding carboxylic acids is 2. The first-order valence-corrected chi connectivity index (χ1v) is 6.39. The van der Waals surface area contributed by atoms with Crippen LogP contribution in [0.2, 0.25) is 0 Å². The molecule has 0 saturated carbocycles. The summed E-state index contributed by atoms with van der Waals surface area (Å²) in [5.74, 6) is -2.00. The van der Waals surface area contributed by atoms with Crippen LogP contribution in [0.25, 0.3) is 0 Å². The number of carbonyl (C=O) groups is 3. The number of amides is 2. The average Bonchev–Trinajstić information content (AvgIpc) is 2.42. The van der Waals surface area contributed by atoms with Crippen LogP contribution in [0, 0.1) is 0 Å². The number of carboxylic acids is 1. The van der Waals surface area contributed by atoms with Crippen LogP contribution >= 0.6 is 0 Å². The first-order chi connectivity index (χ1) is 9.51. The zero-order valence-corrected chi connectivity index (χ0v) is 11.8. The van der Waals surface area contributed by atoms with Crippen molar-refractivity contribution in [2.75, 3.05) is 33.5 Å². The van der Waals surface area contributed by atoms with Crippen LogP contribution in [0.1, 0.15) is 19.8 Å². The van der Waals surface area contributed by atoms with Gasteiger partial charge >= 0.3 is 5.97 Å². The molecule has 0 aromatic heterocycles. The van der Waals surface area contributed by atoms with Crippen LogP contribution in [-0.4, -0.2) is 62.4 Å². The second-order valence-electron chi connectivity index (χ2n) is 3.92. The van der Waals surface area contributed by atoms with E-state index in [-0.39, 0.29) is 32.0 Å². The molecule has 0 aliphatic rings. The molecule has 8 heteroatoms. The fourth-order valence-electron chi connectivity index (χ4n) is 1.32. The Morgan fingerprint density at radius 3 is 2.35 bits per heavy atom. The number of aliphatic carboxylic acids is 1. The van der Waals surface area contributed by atoms with E-state index in [0.29, 0.717) is 13.2 Å². The maximum absolute atomic E-state index is 11.5. The minimum absolute atomic E-state index is 0.0267. The molecule has 0 aromatic rings. The van der Waals surface area contributed by atoms with Gasteiger partial charge in [0.05, 0.1) is 13.2 Å². The second-order valence-corrected chi connectivity index (χ2v) is 3.92. The fourth-order valence-corrected chi connectivity index (χ4v) is 1.32. The van der Waals surface area contributed by atoms with Crippen molar-refractivity contribution in [3.8, 4) is 0 Å². The van der Waals surface area contributed by atoms with Gasteiger partial charge in [0, 0.05) is 20.1 Å². The molecule has 8 nitrogen and oxygen atoms in total. The molecule has 0 fully saturated rings. The third kappa shape index (κ3) is 9.29. The quantitative estimate of drug-likeness (QED) is 0.426. The predicted molar refractivity (Wildman–Crippen MR) is 70.2 cm³/mol. The smallest absolute Gasteiger partial charge is 0.326 e. The predicted octanol–water partition coefficient (Wildman–Crippen LogP) is -0.865. The van der Waals surface area contributed by atoms with E-state index in [2.05, 4.69) is 10.6 Å². The van der Waals surface area contributed by atoms with Gasteiger partial charge in [0.25, 0.3) is 0 Å². The molecule has 0 heterocycles. The van der Waals surface area contributed by atoms with Gasteiger partial charge in [-0.3, -0.25) is 9.59 Å². The van der Waals surface area contributed by atoms with Crippen molar-refractivity contribution in [1.82, 2.24) is 10.6 Å². The molecule has 0 unspecified atom stereocenters. The normalized spacial score (nSPS) is 11.7. The highest BCUT2D eigenvalue weighted by atomic mass is 16.5. The zero-order valence-electron chi connectivity index (χ0n) is 11.8. The highest BCUT2D eigenvalue weighted by molar-refractivity contribution is 5.85. The number of carboxylic acid groups (broad SMARTS) is 1. The molecule has 3 N–H and O–H groups in total. The van der Waals surface area contributed by atoms with Gasteiger partial charge in [-0.25, -0.2) is 4.79 Å². The van der Waals surface area contributed by atoms with E-state index in [1.54, 1.807) is 0 Å². The van der Waals surface area contributed by atoms with Crippen LogP contribution in [0.5, 0.6) is 0 Å². The van der Waals surface area contributed by atoms with Crippen LogP contribution in [0.4, 0.5) is 0 Å². The zero-order chi connectivity index (χ0) is 15.4. The van der Waals surface area contributed by atoms with Gasteiger partial charge in [0.15, 0.2) is 0 Å². The number of hydrogen-bond donors (Lipinski definition) is 3.